The quantitative estimate of drug-likeness (QED) is 0.133. The summed E-state index contributed by atoms with van der Waals surface area (Å²) in [4.78, 5) is 14.2. The zero-order valence-electron chi connectivity index (χ0n) is 25.1. The van der Waals surface area contributed by atoms with Crippen LogP contribution < -0.4 is 19.8 Å². The second-order valence-electron chi connectivity index (χ2n) is 12.2. The van der Waals surface area contributed by atoms with Crippen molar-refractivity contribution in [3.63, 3.8) is 0 Å². The Balaban J connectivity index is 0.00000325. The van der Waals surface area contributed by atoms with Crippen LogP contribution in [0.3, 0.4) is 0 Å². The maximum absolute atomic E-state index is 6.53. The largest absolute Gasteiger partial charge is 2.00 e. The molecule has 0 fully saturated rings. The average Bonchev–Trinajstić information content (AvgIpc) is 3.41. The van der Waals surface area contributed by atoms with Gasteiger partial charge in [-0.15, -0.1) is 47.5 Å². The van der Waals surface area contributed by atoms with E-state index in [9.17, 15) is 0 Å². The first-order valence-electron chi connectivity index (χ1n) is 14.9. The zero-order chi connectivity index (χ0) is 29.8. The van der Waals surface area contributed by atoms with Crippen LogP contribution >= 0.6 is 0 Å². The predicted octanol–water partition coefficient (Wildman–Crippen LogP) is 8.50. The van der Waals surface area contributed by atoms with Crippen molar-refractivity contribution in [2.75, 3.05) is 9.62 Å². The molecule has 0 N–H and O–H groups in total. The summed E-state index contributed by atoms with van der Waals surface area (Å²) >= 11 is 0. The smallest absolute Gasteiger partial charge is 0.503 e. The Bertz CT molecular complexity index is 2030. The fraction of sp³-hybridized carbons (Fsp3) is 0.105. The molecule has 0 saturated carbocycles. The van der Waals surface area contributed by atoms with Crippen LogP contribution in [0, 0.1) is 12.1 Å². The molecular formula is C38H29BN4OPt. The molecule has 0 aliphatic carbocycles. The van der Waals surface area contributed by atoms with Gasteiger partial charge in [-0.1, -0.05) is 87.1 Å². The van der Waals surface area contributed by atoms with Gasteiger partial charge in [0.2, 0.25) is 0 Å². The molecule has 7 heteroatoms. The molecule has 220 valence electrons. The maximum atomic E-state index is 6.53. The Labute approximate surface area is 278 Å². The maximum Gasteiger partial charge on any atom is 2.00 e. The number of nitrogens with zero attached hydrogens (tertiary/aromatic N) is 4. The number of rotatable bonds is 4. The van der Waals surface area contributed by atoms with Gasteiger partial charge in [0.15, 0.2) is 0 Å². The Morgan fingerprint density at radius 1 is 0.667 bits per heavy atom. The van der Waals surface area contributed by atoms with Crippen molar-refractivity contribution in [3.8, 4) is 33.9 Å². The SMILES string of the molecule is CC(C)(C)c1cc(Oc2[c-]c(-c3ccccn3)ccc2)[c-]c(N2B3c4ccccc4-c4ccccc4N3c3cccnc32)c1.[Pt+2]. The number of benzene rings is 4. The zero-order valence-corrected chi connectivity index (χ0v) is 27.4. The molecule has 2 aromatic heterocycles. The van der Waals surface area contributed by atoms with Crippen molar-refractivity contribution in [1.29, 1.82) is 0 Å². The van der Waals surface area contributed by atoms with Crippen LogP contribution in [0.4, 0.5) is 22.9 Å². The Morgan fingerprint density at radius 2 is 1.42 bits per heavy atom. The van der Waals surface area contributed by atoms with Gasteiger partial charge in [0, 0.05) is 35.1 Å². The number of hydrogen-bond donors (Lipinski definition) is 0. The number of anilines is 4. The average molecular weight is 764 g/mol. The molecule has 0 unspecified atom stereocenters. The van der Waals surface area contributed by atoms with Crippen LogP contribution in [0.15, 0.2) is 122 Å². The summed E-state index contributed by atoms with van der Waals surface area (Å²) < 4.78 is 6.53. The molecule has 45 heavy (non-hydrogen) atoms. The minimum absolute atomic E-state index is 0. The minimum atomic E-state index is -0.135. The molecule has 8 rings (SSSR count). The van der Waals surface area contributed by atoms with E-state index in [1.807, 2.05) is 48.7 Å². The van der Waals surface area contributed by atoms with E-state index in [2.05, 4.69) is 114 Å². The van der Waals surface area contributed by atoms with E-state index >= 15 is 0 Å². The third kappa shape index (κ3) is 5.04. The third-order valence-corrected chi connectivity index (χ3v) is 8.32. The van der Waals surface area contributed by atoms with Gasteiger partial charge in [-0.25, -0.2) is 4.98 Å². The van der Waals surface area contributed by atoms with Crippen molar-refractivity contribution in [3.05, 3.63) is 139 Å². The number of fused-ring (bicyclic) bond motifs is 8. The van der Waals surface area contributed by atoms with E-state index in [1.54, 1.807) is 6.20 Å². The minimum Gasteiger partial charge on any atom is -0.503 e. The summed E-state index contributed by atoms with van der Waals surface area (Å²) in [6.45, 7) is 6.53. The molecule has 0 spiro atoms. The van der Waals surface area contributed by atoms with Gasteiger partial charge >= 0.3 is 28.0 Å². The molecule has 0 saturated heterocycles. The number of aromatic nitrogens is 2. The first kappa shape index (κ1) is 29.1. The Kier molecular flexibility index (Phi) is 7.34. The number of para-hydroxylation sites is 1. The van der Waals surface area contributed by atoms with Crippen LogP contribution in [0.2, 0.25) is 0 Å². The van der Waals surface area contributed by atoms with Gasteiger partial charge in [0.05, 0.1) is 5.69 Å². The summed E-state index contributed by atoms with van der Waals surface area (Å²) in [5, 5.41) is 0. The van der Waals surface area contributed by atoms with E-state index in [0.29, 0.717) is 11.5 Å². The van der Waals surface area contributed by atoms with E-state index in [-0.39, 0.29) is 33.5 Å². The fourth-order valence-corrected chi connectivity index (χ4v) is 6.23. The summed E-state index contributed by atoms with van der Waals surface area (Å²) in [7, 11) is 0. The molecule has 5 nitrogen and oxygen atoms in total. The summed E-state index contributed by atoms with van der Waals surface area (Å²) in [5.41, 5.74) is 9.52. The molecule has 4 aromatic carbocycles. The monoisotopic (exact) mass is 763 g/mol. The molecule has 0 radical (unpaired) electrons. The first-order chi connectivity index (χ1) is 21.5. The van der Waals surface area contributed by atoms with Crippen LogP contribution in [0.1, 0.15) is 26.3 Å². The van der Waals surface area contributed by atoms with Gasteiger partial charge in [-0.2, -0.15) is 0 Å². The van der Waals surface area contributed by atoms with Gasteiger partial charge in [-0.3, -0.25) is 0 Å². The normalized spacial score (nSPS) is 12.9. The molecular weight excluding hydrogens is 734 g/mol. The van der Waals surface area contributed by atoms with Crippen molar-refractivity contribution < 1.29 is 25.8 Å². The number of hydrogen-bond acceptors (Lipinski definition) is 5. The second-order valence-corrected chi connectivity index (χ2v) is 12.2. The molecule has 0 amide bonds. The van der Waals surface area contributed by atoms with Crippen molar-refractivity contribution >= 4 is 35.3 Å². The molecule has 4 heterocycles. The second kappa shape index (κ2) is 11.4. The molecule has 2 aliphatic heterocycles. The molecule has 2 aliphatic rings. The van der Waals surface area contributed by atoms with E-state index in [1.165, 1.54) is 16.6 Å². The van der Waals surface area contributed by atoms with Gasteiger partial charge in [0.1, 0.15) is 5.82 Å². The van der Waals surface area contributed by atoms with Crippen LogP contribution in [0.5, 0.6) is 11.5 Å². The third-order valence-electron chi connectivity index (χ3n) is 8.32. The van der Waals surface area contributed by atoms with Crippen LogP contribution in [-0.2, 0) is 26.5 Å². The first-order valence-corrected chi connectivity index (χ1v) is 14.9. The standard InChI is InChI=1S/C38H29BN4O.Pt/c1-38(2,3)27-23-28(25-30(24-27)44-29-13-10-12-26(22-29)34-17-8-9-20-40-34)42-37-36(19-11-21-41-37)43-35-18-7-5-15-32(35)31-14-4-6-16-33(31)39(42)43;/h4-21,23-24H,1-3H3;/q-2;+2. The summed E-state index contributed by atoms with van der Waals surface area (Å²) in [5.74, 6) is 2.13. The van der Waals surface area contributed by atoms with E-state index in [4.69, 9.17) is 9.72 Å². The van der Waals surface area contributed by atoms with Crippen molar-refractivity contribution in [2.45, 2.75) is 26.2 Å². The summed E-state index contributed by atoms with van der Waals surface area (Å²) in [6.07, 6.45) is 3.65. The number of ether oxygens (including phenoxy) is 1. The van der Waals surface area contributed by atoms with E-state index < -0.39 is 0 Å². The van der Waals surface area contributed by atoms with Crippen LogP contribution in [-0.4, -0.2) is 17.0 Å². The Morgan fingerprint density at radius 3 is 2.24 bits per heavy atom. The van der Waals surface area contributed by atoms with Gasteiger partial charge in [0.25, 0.3) is 0 Å². The van der Waals surface area contributed by atoms with Gasteiger partial charge in [-0.05, 0) is 46.4 Å². The number of pyridine rings is 2. The van der Waals surface area contributed by atoms with Gasteiger partial charge < -0.3 is 19.3 Å². The molecule has 0 atom stereocenters. The van der Waals surface area contributed by atoms with Crippen molar-refractivity contribution in [1.82, 2.24) is 9.97 Å². The molecule has 6 aromatic rings. The van der Waals surface area contributed by atoms with E-state index in [0.717, 1.165) is 39.7 Å². The fourth-order valence-electron chi connectivity index (χ4n) is 6.23. The van der Waals surface area contributed by atoms with Crippen LogP contribution in [0.25, 0.3) is 22.4 Å². The topological polar surface area (TPSA) is 41.5 Å². The molecule has 0 bridgehead atoms. The predicted molar refractivity (Wildman–Crippen MR) is 178 cm³/mol. The summed E-state index contributed by atoms with van der Waals surface area (Å²) in [6, 6.07) is 44.6. The Hall–Kier alpha value is -4.67. The van der Waals surface area contributed by atoms with Crippen molar-refractivity contribution in [2.24, 2.45) is 0 Å².